The molecule has 0 bridgehead atoms. The van der Waals surface area contributed by atoms with Gasteiger partial charge in [-0.25, -0.2) is 0 Å². The van der Waals surface area contributed by atoms with E-state index in [4.69, 9.17) is 136 Å². The van der Waals surface area contributed by atoms with Crippen LogP contribution in [0.15, 0.2) is 4.49 Å². The highest BCUT2D eigenvalue weighted by atomic mass is 35.5. The van der Waals surface area contributed by atoms with Crippen molar-refractivity contribution in [3.63, 3.8) is 0 Å². The molecule has 0 heterocycles. The van der Waals surface area contributed by atoms with Crippen molar-refractivity contribution < 1.29 is 19.1 Å². The first-order chi connectivity index (χ1) is 16.1. The Morgan fingerprint density at radius 2 is 1.00 bits per heavy atom. The molecule has 0 atom stereocenters. The highest BCUT2D eigenvalue weighted by molar-refractivity contribution is 6.60. The van der Waals surface area contributed by atoms with Gasteiger partial charge < -0.3 is 9.47 Å². The van der Waals surface area contributed by atoms with Crippen molar-refractivity contribution >= 4 is 98.4 Å². The lowest BCUT2D eigenvalue weighted by Gasteiger charge is -2.19. The molecule has 0 amide bonds. The summed E-state index contributed by atoms with van der Waals surface area (Å²) in [5, 5.41) is 21.0. The second-order valence-electron chi connectivity index (χ2n) is 5.34. The zero-order chi connectivity index (χ0) is 25.7. The smallest absolute Gasteiger partial charge is 0.292 e. The van der Waals surface area contributed by atoms with Gasteiger partial charge >= 0.3 is 0 Å². The van der Waals surface area contributed by atoms with Gasteiger partial charge in [-0.1, -0.05) is 92.8 Å². The summed E-state index contributed by atoms with van der Waals surface area (Å²) in [4.78, 5) is 9.67. The van der Waals surface area contributed by atoms with E-state index in [2.05, 4.69) is 10.0 Å². The lowest BCUT2D eigenvalue weighted by molar-refractivity contribution is 0.465. The van der Waals surface area contributed by atoms with Crippen molar-refractivity contribution in [2.24, 2.45) is 0 Å². The minimum Gasteiger partial charge on any atom is -0.386 e. The van der Waals surface area contributed by atoms with Gasteiger partial charge in [0.1, 0.15) is 29.6 Å². The number of hydrogen-bond donors (Lipinski definition) is 0. The standard InChI is InChI=1S/C18Cl8N4O4/c1-29-33-15-7(8(19)16(32-4-28)12(23)11(15)22)5(18(25)26)6-9(20)17(34-30-2)13(24)10(21)14(6)31-3-27. The van der Waals surface area contributed by atoms with Gasteiger partial charge in [0.05, 0.1) is 16.1 Å². The third-order valence-corrected chi connectivity index (χ3v) is 6.47. The minimum atomic E-state index is -0.616. The minimum absolute atomic E-state index is 0.380. The molecule has 0 radical (unpaired) electrons. The van der Waals surface area contributed by atoms with Crippen molar-refractivity contribution in [1.29, 1.82) is 10.5 Å². The summed E-state index contributed by atoms with van der Waals surface area (Å²) in [5.41, 5.74) is -1.17. The number of nitriles is 2. The van der Waals surface area contributed by atoms with Crippen molar-refractivity contribution in [2.45, 2.75) is 0 Å². The molecule has 16 heteroatoms. The summed E-state index contributed by atoms with van der Waals surface area (Å²) in [6, 6.07) is 0. The van der Waals surface area contributed by atoms with Crippen LogP contribution in [-0.2, 0) is 0 Å². The molecular formula is C18Cl8N4O4. The molecular weight excluding hydrogens is 620 g/mol. The quantitative estimate of drug-likeness (QED) is 0.139. The highest BCUT2D eigenvalue weighted by Crippen LogP contribution is 2.57. The zero-order valence-corrected chi connectivity index (χ0v) is 21.5. The van der Waals surface area contributed by atoms with E-state index >= 15 is 0 Å². The topological polar surface area (TPSA) is 93.2 Å². The van der Waals surface area contributed by atoms with Gasteiger partial charge in [-0.2, -0.15) is 22.8 Å². The molecule has 2 aromatic rings. The predicted octanol–water partition coefficient (Wildman–Crippen LogP) is 8.95. The molecule has 0 aliphatic carbocycles. The van der Waals surface area contributed by atoms with Crippen molar-refractivity contribution in [1.82, 2.24) is 0 Å². The molecule has 0 fully saturated rings. The van der Waals surface area contributed by atoms with Gasteiger partial charge in [-0.3, -0.25) is 0 Å². The maximum atomic E-state index is 9.14. The van der Waals surface area contributed by atoms with E-state index in [1.165, 1.54) is 12.5 Å². The molecule has 8 nitrogen and oxygen atoms in total. The second kappa shape index (κ2) is 11.9. The summed E-state index contributed by atoms with van der Waals surface area (Å²) in [6.45, 7) is 14.0. The molecule has 0 unspecified atom stereocenters. The van der Waals surface area contributed by atoms with Crippen LogP contribution in [0.25, 0.3) is 15.6 Å². The summed E-state index contributed by atoms with van der Waals surface area (Å²) in [5.74, 6) is -1.92. The third kappa shape index (κ3) is 5.02. The Hall–Kier alpha value is -2.34. The first-order valence-corrected chi connectivity index (χ1v) is 10.8. The molecule has 0 aliphatic heterocycles. The first kappa shape index (κ1) is 27.9. The van der Waals surface area contributed by atoms with Crippen molar-refractivity contribution in [3.05, 3.63) is 68.9 Å². The van der Waals surface area contributed by atoms with E-state index in [0.29, 0.717) is 0 Å². The number of benzene rings is 2. The van der Waals surface area contributed by atoms with Crippen LogP contribution in [0.4, 0.5) is 0 Å². The van der Waals surface area contributed by atoms with E-state index < -0.39 is 63.2 Å². The van der Waals surface area contributed by atoms with Gasteiger partial charge in [0.2, 0.25) is 5.75 Å². The number of ether oxygens (including phenoxy) is 2. The lowest BCUT2D eigenvalue weighted by atomic mass is 9.96. The Morgan fingerprint density at radius 3 is 1.50 bits per heavy atom. The normalized spacial score (nSPS) is 9.65. The zero-order valence-electron chi connectivity index (χ0n) is 15.4. The number of rotatable bonds is 6. The Morgan fingerprint density at radius 1 is 0.618 bits per heavy atom. The van der Waals surface area contributed by atoms with Crippen LogP contribution in [0.5, 0.6) is 23.0 Å². The molecule has 0 saturated carbocycles. The van der Waals surface area contributed by atoms with Gasteiger partial charge in [0, 0.05) is 5.57 Å². The van der Waals surface area contributed by atoms with Crippen LogP contribution in [-0.4, -0.2) is 0 Å². The second-order valence-corrected chi connectivity index (χ2v) is 8.55. The number of nitrogens with zero attached hydrogens (tertiary/aromatic N) is 4. The fourth-order valence-corrected chi connectivity index (χ4v) is 4.50. The van der Waals surface area contributed by atoms with Crippen LogP contribution in [0.2, 0.25) is 30.1 Å². The van der Waals surface area contributed by atoms with E-state index in [0.717, 1.165) is 0 Å². The van der Waals surface area contributed by atoms with E-state index in [-0.39, 0.29) is 11.1 Å². The fraction of sp³-hybridized carbons (Fsp3) is 0. The van der Waals surface area contributed by atoms with Crippen LogP contribution < -0.4 is 19.1 Å². The molecule has 2 aromatic carbocycles. The summed E-state index contributed by atoms with van der Waals surface area (Å²) < 4.78 is 9.09. The van der Waals surface area contributed by atoms with Gasteiger partial charge in [-0.05, 0) is 10.0 Å². The van der Waals surface area contributed by atoms with Crippen molar-refractivity contribution in [2.75, 3.05) is 0 Å². The summed E-state index contributed by atoms with van der Waals surface area (Å²) in [6.07, 6.45) is 2.75. The van der Waals surface area contributed by atoms with E-state index in [9.17, 15) is 0 Å². The first-order valence-electron chi connectivity index (χ1n) is 7.75. The average Bonchev–Trinajstić information content (AvgIpc) is 2.79. The molecule has 172 valence electrons. The molecule has 0 aromatic heterocycles. The maximum absolute atomic E-state index is 9.14. The summed E-state index contributed by atoms with van der Waals surface area (Å²) in [7, 11) is 0. The molecule has 0 spiro atoms. The Bertz CT molecular complexity index is 1300. The largest absolute Gasteiger partial charge is 0.386 e. The highest BCUT2D eigenvalue weighted by Gasteiger charge is 2.36. The Balaban J connectivity index is 3.23. The SMILES string of the molecule is [C-]#[N+]Oc1c(Cl)c(Cl)c(OC#N)c(C(=C(Cl)Cl)c2c(Cl)c(OC#N)c(Cl)c(Cl)c2O[N+]#[C-])c1Cl. The van der Waals surface area contributed by atoms with Gasteiger partial charge in [0.15, 0.2) is 11.5 Å². The fourth-order valence-electron chi connectivity index (χ4n) is 2.53. The predicted molar refractivity (Wildman–Crippen MR) is 128 cm³/mol. The molecule has 0 aliphatic rings. The molecule has 0 saturated heterocycles. The van der Waals surface area contributed by atoms with E-state index in [1.54, 1.807) is 0 Å². The third-order valence-electron chi connectivity index (χ3n) is 3.73. The Kier molecular flexibility index (Phi) is 9.74. The maximum Gasteiger partial charge on any atom is 0.292 e. The Labute approximate surface area is 231 Å². The molecule has 34 heavy (non-hydrogen) atoms. The number of hydrogen-bond acceptors (Lipinski definition) is 6. The average molecular weight is 620 g/mol. The van der Waals surface area contributed by atoms with Crippen molar-refractivity contribution in [3.8, 4) is 35.5 Å². The van der Waals surface area contributed by atoms with Crippen LogP contribution in [0.3, 0.4) is 0 Å². The number of halogens is 8. The molecule has 0 N–H and O–H groups in total. The van der Waals surface area contributed by atoms with Crippen LogP contribution in [0.1, 0.15) is 11.1 Å². The van der Waals surface area contributed by atoms with Crippen LogP contribution in [0, 0.1) is 36.2 Å². The summed E-state index contributed by atoms with van der Waals surface area (Å²) >= 11 is 49.7. The lowest BCUT2D eigenvalue weighted by Crippen LogP contribution is -2.03. The van der Waals surface area contributed by atoms with Crippen LogP contribution >= 0.6 is 92.8 Å². The van der Waals surface area contributed by atoms with E-state index in [1.807, 2.05) is 0 Å². The molecule has 2 rings (SSSR count). The van der Waals surface area contributed by atoms with Gasteiger partial charge in [-0.15, -0.1) is 10.5 Å². The van der Waals surface area contributed by atoms with Gasteiger partial charge in [0.25, 0.3) is 18.3 Å². The monoisotopic (exact) mass is 616 g/mol.